The van der Waals surface area contributed by atoms with Crippen molar-refractivity contribution in [3.8, 4) is 0 Å². The number of rotatable bonds is 22. The Morgan fingerprint density at radius 1 is 1.03 bits per heavy atom. The van der Waals surface area contributed by atoms with Crippen LogP contribution in [0.5, 0.6) is 0 Å². The Bertz CT molecular complexity index is 2110. The van der Waals surface area contributed by atoms with Crippen molar-refractivity contribution in [2.45, 2.75) is 101 Å². The SMILES string of the molecule is C=C(CN)NC(C(=C)N1CC(N/C=C\N2CCN(c3ccc(C(=O)Nc4ncc(Sc5cc(C(=C)N(CCC)CCC)c(CC)cc5C)s4)cc3)CC2)CC1C(=C)N(C)C)C(C)(C)C. The molecule has 348 valence electrons. The molecule has 3 aromatic rings. The molecule has 2 saturated heterocycles. The van der Waals surface area contributed by atoms with Gasteiger partial charge in [-0.3, -0.25) is 10.1 Å². The van der Waals surface area contributed by atoms with E-state index in [1.807, 2.05) is 30.5 Å². The number of nitrogens with one attached hydrogen (secondary N) is 3. The van der Waals surface area contributed by atoms with Crippen molar-refractivity contribution < 1.29 is 4.79 Å². The lowest BCUT2D eigenvalue weighted by Crippen LogP contribution is -2.49. The number of hydrogen-bond acceptors (Lipinski definition) is 12. The van der Waals surface area contributed by atoms with E-state index in [-0.39, 0.29) is 29.4 Å². The van der Waals surface area contributed by atoms with Gasteiger partial charge in [0.1, 0.15) is 0 Å². The van der Waals surface area contributed by atoms with Crippen LogP contribution >= 0.6 is 23.1 Å². The first kappa shape index (κ1) is 50.2. The zero-order valence-electron chi connectivity index (χ0n) is 40.2. The Morgan fingerprint density at radius 3 is 2.30 bits per heavy atom. The van der Waals surface area contributed by atoms with Gasteiger partial charge in [0.05, 0.1) is 22.5 Å². The quantitative estimate of drug-likeness (QED) is 0.0776. The van der Waals surface area contributed by atoms with Crippen LogP contribution in [-0.2, 0) is 6.42 Å². The van der Waals surface area contributed by atoms with E-state index in [9.17, 15) is 4.79 Å². The number of amides is 1. The van der Waals surface area contributed by atoms with Gasteiger partial charge in [0.25, 0.3) is 5.91 Å². The largest absolute Gasteiger partial charge is 0.385 e. The van der Waals surface area contributed by atoms with Gasteiger partial charge in [-0.15, -0.1) is 0 Å². The number of aromatic nitrogens is 1. The lowest BCUT2D eigenvalue weighted by molar-refractivity contribution is 0.102. The average molecular weight is 909 g/mol. The first-order valence-corrected chi connectivity index (χ1v) is 24.6. The minimum absolute atomic E-state index is 0.0189. The molecule has 2 fully saturated rings. The molecule has 3 unspecified atom stereocenters. The molecule has 0 bridgehead atoms. The second-order valence-corrected chi connectivity index (χ2v) is 20.8. The molecule has 0 spiro atoms. The summed E-state index contributed by atoms with van der Waals surface area (Å²) in [5.41, 5.74) is 15.3. The number of carbonyl (C=O) groups excluding carboxylic acids is 1. The molecule has 0 saturated carbocycles. The monoisotopic (exact) mass is 909 g/mol. The number of thiazole rings is 1. The van der Waals surface area contributed by atoms with E-state index in [1.54, 1.807) is 11.8 Å². The highest BCUT2D eigenvalue weighted by Gasteiger charge is 2.39. The molecule has 1 amide bonds. The minimum atomic E-state index is -0.163. The molecule has 5 rings (SSSR count). The summed E-state index contributed by atoms with van der Waals surface area (Å²) in [6.45, 7) is 40.0. The highest BCUT2D eigenvalue weighted by molar-refractivity contribution is 8.01. The summed E-state index contributed by atoms with van der Waals surface area (Å²) in [4.78, 5) is 30.8. The molecule has 1 aromatic heterocycles. The van der Waals surface area contributed by atoms with Crippen molar-refractivity contribution in [1.82, 2.24) is 35.2 Å². The first-order valence-electron chi connectivity index (χ1n) is 23.0. The van der Waals surface area contributed by atoms with E-state index in [2.05, 4.69) is 159 Å². The van der Waals surface area contributed by atoms with Crippen molar-refractivity contribution in [2.24, 2.45) is 11.1 Å². The lowest BCUT2D eigenvalue weighted by Gasteiger charge is -2.41. The van der Waals surface area contributed by atoms with Crippen molar-refractivity contribution >= 4 is 45.5 Å². The van der Waals surface area contributed by atoms with Crippen molar-refractivity contribution in [2.75, 3.05) is 76.7 Å². The molecule has 3 heterocycles. The van der Waals surface area contributed by atoms with Gasteiger partial charge >= 0.3 is 0 Å². The van der Waals surface area contributed by atoms with E-state index >= 15 is 0 Å². The predicted octanol–water partition coefficient (Wildman–Crippen LogP) is 9.20. The third kappa shape index (κ3) is 12.9. The minimum Gasteiger partial charge on any atom is -0.385 e. The standard InChI is InChI=1S/C51H76N10OS2/c1-14-22-59(23-15-2)37(6)44-31-46(35(4)29-40(44)16-3)63-47-33-54-50(64-47)56-49(62)41-17-19-43(20-18-41)60-27-25-58(26-28-60)24-21-53-42-30-45(38(7)57(12)13)61(34-42)39(8)48(51(9,10)11)55-36(5)32-52/h17-21,24,29,31,33,42,45,48,53,55H,5-8,14-16,22-23,25-28,30,32,34,52H2,1-4,9-13H3,(H,54,56,62)/b24-21-. The first-order chi connectivity index (χ1) is 30.5. The van der Waals surface area contributed by atoms with Gasteiger partial charge in [0.2, 0.25) is 0 Å². The van der Waals surface area contributed by atoms with E-state index in [4.69, 9.17) is 5.73 Å². The second kappa shape index (κ2) is 22.9. The number of nitrogens with zero attached hydrogens (tertiary/aromatic N) is 6. The summed E-state index contributed by atoms with van der Waals surface area (Å²) >= 11 is 3.19. The van der Waals surface area contributed by atoms with Crippen LogP contribution in [0.1, 0.15) is 87.9 Å². The molecule has 0 aliphatic carbocycles. The Morgan fingerprint density at radius 2 is 1.70 bits per heavy atom. The molecular weight excluding hydrogens is 833 g/mol. The van der Waals surface area contributed by atoms with Crippen LogP contribution in [0.15, 0.2) is 108 Å². The van der Waals surface area contributed by atoms with Gasteiger partial charge in [0, 0.05) is 129 Å². The van der Waals surface area contributed by atoms with Crippen LogP contribution in [0.4, 0.5) is 10.8 Å². The summed E-state index contributed by atoms with van der Waals surface area (Å²) < 4.78 is 1.03. The van der Waals surface area contributed by atoms with Crippen LogP contribution in [0.2, 0.25) is 0 Å². The highest BCUT2D eigenvalue weighted by atomic mass is 32.2. The van der Waals surface area contributed by atoms with E-state index in [0.717, 1.165) is 104 Å². The average Bonchev–Trinajstić information content (AvgIpc) is 3.91. The summed E-state index contributed by atoms with van der Waals surface area (Å²) in [6, 6.07) is 12.8. The number of piperazine rings is 1. The van der Waals surface area contributed by atoms with E-state index in [0.29, 0.717) is 17.2 Å². The highest BCUT2D eigenvalue weighted by Crippen LogP contribution is 2.39. The summed E-state index contributed by atoms with van der Waals surface area (Å²) in [5.74, 6) is -0.163. The topological polar surface area (TPSA) is 108 Å². The fraction of sp³-hybridized carbons (Fsp3) is 0.490. The number of anilines is 2. The maximum absolute atomic E-state index is 13.4. The number of likely N-dealkylation sites (tertiary alicyclic amines) is 1. The van der Waals surface area contributed by atoms with Gasteiger partial charge < -0.3 is 40.9 Å². The van der Waals surface area contributed by atoms with Crippen LogP contribution in [-0.4, -0.2) is 115 Å². The van der Waals surface area contributed by atoms with Gasteiger partial charge in [-0.1, -0.05) is 97.0 Å². The molecule has 5 N–H and O–H groups in total. The number of benzene rings is 2. The molecular formula is C51H76N10OS2. The fourth-order valence-electron chi connectivity index (χ4n) is 8.51. The zero-order chi connectivity index (χ0) is 46.7. The van der Waals surface area contributed by atoms with E-state index in [1.165, 1.54) is 32.9 Å². The van der Waals surface area contributed by atoms with Gasteiger partial charge in [-0.2, -0.15) is 0 Å². The summed E-state index contributed by atoms with van der Waals surface area (Å²) in [7, 11) is 4.11. The van der Waals surface area contributed by atoms with E-state index < -0.39 is 0 Å². The van der Waals surface area contributed by atoms with Crippen molar-refractivity contribution in [3.05, 3.63) is 121 Å². The second-order valence-electron chi connectivity index (χ2n) is 18.4. The van der Waals surface area contributed by atoms with Crippen molar-refractivity contribution in [3.63, 3.8) is 0 Å². The van der Waals surface area contributed by atoms with Crippen molar-refractivity contribution in [1.29, 1.82) is 0 Å². The number of hydrogen-bond donors (Lipinski definition) is 4. The van der Waals surface area contributed by atoms with Crippen LogP contribution in [0.25, 0.3) is 5.70 Å². The number of carbonyl (C=O) groups is 1. The Hall–Kier alpha value is -4.85. The lowest BCUT2D eigenvalue weighted by atomic mass is 9.84. The Balaban J connectivity index is 1.12. The number of aryl methyl sites for hydroxylation is 2. The maximum Gasteiger partial charge on any atom is 0.257 e. The molecule has 2 aliphatic rings. The van der Waals surface area contributed by atoms with Crippen LogP contribution < -0.4 is 26.6 Å². The van der Waals surface area contributed by atoms with Crippen LogP contribution in [0.3, 0.4) is 0 Å². The number of likely N-dealkylation sites (N-methyl/N-ethyl adjacent to an activating group) is 1. The van der Waals surface area contributed by atoms with Gasteiger partial charge in [0.15, 0.2) is 5.13 Å². The molecule has 2 aliphatic heterocycles. The molecule has 13 heteroatoms. The third-order valence-electron chi connectivity index (χ3n) is 12.2. The predicted molar refractivity (Wildman–Crippen MR) is 274 cm³/mol. The maximum atomic E-state index is 13.4. The Labute approximate surface area is 393 Å². The Kier molecular flexibility index (Phi) is 17.9. The van der Waals surface area contributed by atoms with Crippen LogP contribution in [0, 0.1) is 12.3 Å². The molecule has 2 aromatic carbocycles. The summed E-state index contributed by atoms with van der Waals surface area (Å²) in [6.07, 6.45) is 10.2. The summed E-state index contributed by atoms with van der Waals surface area (Å²) in [5, 5.41) is 10.9. The van der Waals surface area contributed by atoms with Gasteiger partial charge in [-0.05, 0) is 79.5 Å². The van der Waals surface area contributed by atoms with Gasteiger partial charge in [-0.25, -0.2) is 4.98 Å². The normalized spacial score (nSPS) is 17.1. The number of nitrogens with two attached hydrogens (primary N) is 1. The zero-order valence-corrected chi connectivity index (χ0v) is 41.9. The smallest absolute Gasteiger partial charge is 0.257 e. The molecule has 3 atom stereocenters. The molecule has 64 heavy (non-hydrogen) atoms. The third-order valence-corrected chi connectivity index (χ3v) is 14.4. The molecule has 11 nitrogen and oxygen atoms in total. The molecule has 0 radical (unpaired) electrons. The fourth-order valence-corrected chi connectivity index (χ4v) is 10.4.